The first-order valence-electron chi connectivity index (χ1n) is 6.55. The van der Waals surface area contributed by atoms with Crippen molar-refractivity contribution in [2.75, 3.05) is 17.6 Å². The van der Waals surface area contributed by atoms with Gasteiger partial charge in [-0.25, -0.2) is 4.98 Å². The molecule has 96 valence electrons. The second kappa shape index (κ2) is 5.25. The molecule has 0 amide bonds. The van der Waals surface area contributed by atoms with Gasteiger partial charge in [0.05, 0.1) is 6.20 Å². The van der Waals surface area contributed by atoms with Gasteiger partial charge in [-0.1, -0.05) is 38.0 Å². The summed E-state index contributed by atoms with van der Waals surface area (Å²) in [6.07, 6.45) is 8.54. The van der Waals surface area contributed by atoms with Gasteiger partial charge >= 0.3 is 0 Å². The molecule has 0 spiro atoms. The highest BCUT2D eigenvalue weighted by Gasteiger charge is 2.34. The number of rotatable bonds is 5. The SMILES string of the molecule is CC(C)CC1(CNc2ncc(N)s2)CCCC1. The molecule has 0 radical (unpaired) electrons. The van der Waals surface area contributed by atoms with Crippen molar-refractivity contribution in [2.24, 2.45) is 11.3 Å². The molecule has 0 saturated heterocycles. The van der Waals surface area contributed by atoms with Gasteiger partial charge < -0.3 is 11.1 Å². The van der Waals surface area contributed by atoms with Gasteiger partial charge in [0.15, 0.2) is 5.13 Å². The lowest BCUT2D eigenvalue weighted by molar-refractivity contribution is 0.252. The molecule has 0 aliphatic heterocycles. The lowest BCUT2D eigenvalue weighted by Gasteiger charge is -2.31. The Bertz CT molecular complexity index is 353. The molecular formula is C13H23N3S. The van der Waals surface area contributed by atoms with Crippen LogP contribution in [0.1, 0.15) is 46.0 Å². The van der Waals surface area contributed by atoms with Crippen molar-refractivity contribution in [2.45, 2.75) is 46.0 Å². The Morgan fingerprint density at radius 1 is 1.47 bits per heavy atom. The Kier molecular flexibility index (Phi) is 3.92. The second-order valence-electron chi connectivity index (χ2n) is 5.73. The van der Waals surface area contributed by atoms with E-state index in [9.17, 15) is 0 Å². The van der Waals surface area contributed by atoms with E-state index in [1.165, 1.54) is 32.1 Å². The topological polar surface area (TPSA) is 50.9 Å². The smallest absolute Gasteiger partial charge is 0.184 e. The van der Waals surface area contributed by atoms with Crippen molar-refractivity contribution in [3.8, 4) is 0 Å². The summed E-state index contributed by atoms with van der Waals surface area (Å²) in [4.78, 5) is 4.27. The Balaban J connectivity index is 1.94. The second-order valence-corrected chi connectivity index (χ2v) is 6.79. The van der Waals surface area contributed by atoms with E-state index in [0.717, 1.165) is 22.6 Å². The molecule has 1 aliphatic carbocycles. The largest absolute Gasteiger partial charge is 0.389 e. The highest BCUT2D eigenvalue weighted by Crippen LogP contribution is 2.43. The van der Waals surface area contributed by atoms with E-state index in [0.29, 0.717) is 5.41 Å². The highest BCUT2D eigenvalue weighted by molar-refractivity contribution is 7.19. The van der Waals surface area contributed by atoms with Crippen LogP contribution >= 0.6 is 11.3 Å². The molecule has 0 aromatic carbocycles. The van der Waals surface area contributed by atoms with Crippen molar-refractivity contribution < 1.29 is 0 Å². The van der Waals surface area contributed by atoms with Crippen molar-refractivity contribution in [3.63, 3.8) is 0 Å². The van der Waals surface area contributed by atoms with Gasteiger partial charge in [-0.3, -0.25) is 0 Å². The lowest BCUT2D eigenvalue weighted by Crippen LogP contribution is -2.28. The van der Waals surface area contributed by atoms with Gasteiger partial charge in [-0.05, 0) is 30.6 Å². The van der Waals surface area contributed by atoms with Crippen LogP contribution in [-0.4, -0.2) is 11.5 Å². The van der Waals surface area contributed by atoms with E-state index in [4.69, 9.17) is 5.73 Å². The van der Waals surface area contributed by atoms with Crippen LogP contribution in [0.3, 0.4) is 0 Å². The number of hydrogen-bond acceptors (Lipinski definition) is 4. The average Bonchev–Trinajstić information content (AvgIpc) is 2.85. The summed E-state index contributed by atoms with van der Waals surface area (Å²) < 4.78 is 0. The quantitative estimate of drug-likeness (QED) is 0.840. The van der Waals surface area contributed by atoms with Gasteiger partial charge in [-0.15, -0.1) is 0 Å². The zero-order valence-electron chi connectivity index (χ0n) is 10.8. The minimum Gasteiger partial charge on any atom is -0.389 e. The zero-order valence-corrected chi connectivity index (χ0v) is 11.6. The first kappa shape index (κ1) is 12.7. The van der Waals surface area contributed by atoms with Crippen LogP contribution in [0.25, 0.3) is 0 Å². The van der Waals surface area contributed by atoms with Gasteiger partial charge in [0.1, 0.15) is 5.00 Å². The third kappa shape index (κ3) is 3.35. The summed E-state index contributed by atoms with van der Waals surface area (Å²) in [6, 6.07) is 0. The molecule has 0 unspecified atom stereocenters. The van der Waals surface area contributed by atoms with Gasteiger partial charge in [0.2, 0.25) is 0 Å². The van der Waals surface area contributed by atoms with E-state index in [2.05, 4.69) is 24.1 Å². The third-order valence-electron chi connectivity index (χ3n) is 3.64. The number of nitrogens with two attached hydrogens (primary N) is 1. The summed E-state index contributed by atoms with van der Waals surface area (Å²) in [5.41, 5.74) is 6.19. The predicted molar refractivity (Wildman–Crippen MR) is 75.4 cm³/mol. The Hall–Kier alpha value is -0.770. The number of nitrogens with zero attached hydrogens (tertiary/aromatic N) is 1. The van der Waals surface area contributed by atoms with Crippen LogP contribution in [0.4, 0.5) is 10.1 Å². The van der Waals surface area contributed by atoms with E-state index in [1.807, 2.05) is 0 Å². The molecule has 1 aromatic rings. The molecule has 3 nitrogen and oxygen atoms in total. The van der Waals surface area contributed by atoms with Crippen molar-refractivity contribution in [1.82, 2.24) is 4.98 Å². The maximum Gasteiger partial charge on any atom is 0.184 e. The standard InChI is InChI=1S/C13H23N3S/c1-10(2)7-13(5-3-4-6-13)9-16-12-15-8-11(14)17-12/h8,10H,3-7,9,14H2,1-2H3,(H,15,16). The molecule has 1 aromatic heterocycles. The molecule has 1 aliphatic rings. The van der Waals surface area contributed by atoms with Gasteiger partial charge in [0, 0.05) is 6.54 Å². The fraction of sp³-hybridized carbons (Fsp3) is 0.769. The van der Waals surface area contributed by atoms with Crippen molar-refractivity contribution >= 4 is 21.5 Å². The van der Waals surface area contributed by atoms with Crippen LogP contribution < -0.4 is 11.1 Å². The number of hydrogen-bond donors (Lipinski definition) is 2. The van der Waals surface area contributed by atoms with E-state index >= 15 is 0 Å². The third-order valence-corrected chi connectivity index (χ3v) is 4.43. The van der Waals surface area contributed by atoms with Crippen LogP contribution in [0.2, 0.25) is 0 Å². The minimum atomic E-state index is 0.495. The Morgan fingerprint density at radius 3 is 2.71 bits per heavy atom. The summed E-state index contributed by atoms with van der Waals surface area (Å²) in [5, 5.41) is 5.24. The summed E-state index contributed by atoms with van der Waals surface area (Å²) in [5.74, 6) is 0.774. The molecule has 1 saturated carbocycles. The molecule has 1 fully saturated rings. The molecule has 0 atom stereocenters. The number of aromatic nitrogens is 1. The predicted octanol–water partition coefficient (Wildman–Crippen LogP) is 3.74. The molecule has 4 heteroatoms. The first-order valence-corrected chi connectivity index (χ1v) is 7.36. The van der Waals surface area contributed by atoms with Crippen molar-refractivity contribution in [1.29, 1.82) is 0 Å². The minimum absolute atomic E-state index is 0.495. The fourth-order valence-corrected chi connectivity index (χ4v) is 3.65. The molecule has 1 heterocycles. The van der Waals surface area contributed by atoms with Gasteiger partial charge in [-0.2, -0.15) is 0 Å². The average molecular weight is 253 g/mol. The van der Waals surface area contributed by atoms with Gasteiger partial charge in [0.25, 0.3) is 0 Å². The van der Waals surface area contributed by atoms with E-state index in [1.54, 1.807) is 17.5 Å². The number of anilines is 2. The molecule has 0 bridgehead atoms. The number of nitrogens with one attached hydrogen (secondary N) is 1. The van der Waals surface area contributed by atoms with E-state index < -0.39 is 0 Å². The maximum absolute atomic E-state index is 5.69. The molecular weight excluding hydrogens is 230 g/mol. The normalized spacial score (nSPS) is 18.8. The number of nitrogen functional groups attached to an aromatic ring is 1. The molecule has 3 N–H and O–H groups in total. The molecule has 17 heavy (non-hydrogen) atoms. The highest BCUT2D eigenvalue weighted by atomic mass is 32.1. The van der Waals surface area contributed by atoms with Crippen LogP contribution in [-0.2, 0) is 0 Å². The fourth-order valence-electron chi connectivity index (χ4n) is 3.08. The zero-order chi connectivity index (χ0) is 12.3. The van der Waals surface area contributed by atoms with E-state index in [-0.39, 0.29) is 0 Å². The Labute approximate surface area is 108 Å². The van der Waals surface area contributed by atoms with Crippen molar-refractivity contribution in [3.05, 3.63) is 6.20 Å². The van der Waals surface area contributed by atoms with Crippen LogP contribution in [0.5, 0.6) is 0 Å². The summed E-state index contributed by atoms with van der Waals surface area (Å²) in [6.45, 7) is 5.70. The number of thiazole rings is 1. The Morgan fingerprint density at radius 2 is 2.18 bits per heavy atom. The summed E-state index contributed by atoms with van der Waals surface area (Å²) >= 11 is 1.54. The lowest BCUT2D eigenvalue weighted by atomic mass is 9.78. The molecule has 2 rings (SSSR count). The summed E-state index contributed by atoms with van der Waals surface area (Å²) in [7, 11) is 0. The van der Waals surface area contributed by atoms with Crippen LogP contribution in [0, 0.1) is 11.3 Å². The monoisotopic (exact) mass is 253 g/mol. The first-order chi connectivity index (χ1) is 8.10. The van der Waals surface area contributed by atoms with Crippen LogP contribution in [0.15, 0.2) is 6.20 Å². The maximum atomic E-state index is 5.69.